The molecule has 3 amide bonds. The quantitative estimate of drug-likeness (QED) is 0.157. The van der Waals surface area contributed by atoms with Gasteiger partial charge >= 0.3 is 6.09 Å². The van der Waals surface area contributed by atoms with Gasteiger partial charge in [0, 0.05) is 24.4 Å². The van der Waals surface area contributed by atoms with E-state index in [0.717, 1.165) is 54.9 Å². The average Bonchev–Trinajstić information content (AvgIpc) is 3.60. The van der Waals surface area contributed by atoms with E-state index in [1.807, 2.05) is 20.8 Å². The third-order valence-electron chi connectivity index (χ3n) is 7.01. The molecule has 0 bridgehead atoms. The molecule has 1 saturated heterocycles. The van der Waals surface area contributed by atoms with Crippen LogP contribution < -0.4 is 16.0 Å². The van der Waals surface area contributed by atoms with Crippen molar-refractivity contribution in [3.8, 4) is 0 Å². The number of anilines is 1. The molecular weight excluding hydrogens is 601 g/mol. The Hall–Kier alpha value is -2.64. The van der Waals surface area contributed by atoms with Crippen molar-refractivity contribution in [2.24, 2.45) is 5.92 Å². The highest BCUT2D eigenvalue weighted by Gasteiger charge is 2.26. The zero-order valence-corrected chi connectivity index (χ0v) is 28.8. The van der Waals surface area contributed by atoms with Crippen molar-refractivity contribution < 1.29 is 23.5 Å². The number of likely N-dealkylation sites (tertiary alicyclic amines) is 1. The molecule has 0 atom stereocenters. The first-order valence-corrected chi connectivity index (χ1v) is 17.4. The number of alkyl carbamates (subject to hydrolysis) is 1. The fourth-order valence-corrected chi connectivity index (χ4v) is 6.30. The molecule has 0 spiro atoms. The molecule has 11 nitrogen and oxygen atoms in total. The molecule has 3 rings (SSSR count). The number of nitrogens with one attached hydrogen (secondary N) is 3. The second-order valence-corrected chi connectivity index (χ2v) is 15.5. The van der Waals surface area contributed by atoms with Crippen LogP contribution in [0.3, 0.4) is 0 Å². The average molecular weight is 651 g/mol. The lowest BCUT2D eigenvalue weighted by molar-refractivity contribution is -0.123. The van der Waals surface area contributed by atoms with Crippen LogP contribution in [0.4, 0.5) is 9.93 Å². The Balaban J connectivity index is 1.21. The van der Waals surface area contributed by atoms with E-state index < -0.39 is 5.60 Å². The van der Waals surface area contributed by atoms with Crippen LogP contribution in [-0.2, 0) is 25.5 Å². The van der Waals surface area contributed by atoms with Crippen LogP contribution in [0.25, 0.3) is 0 Å². The largest absolute Gasteiger partial charge is 0.444 e. The summed E-state index contributed by atoms with van der Waals surface area (Å²) in [5, 5.41) is 9.36. The zero-order valence-electron chi connectivity index (χ0n) is 27.1. The first-order chi connectivity index (χ1) is 20.8. The Morgan fingerprint density at radius 2 is 1.64 bits per heavy atom. The summed E-state index contributed by atoms with van der Waals surface area (Å²) >= 11 is 3.04. The van der Waals surface area contributed by atoms with Crippen molar-refractivity contribution in [3.63, 3.8) is 0 Å². The number of piperidine rings is 1. The third kappa shape index (κ3) is 13.6. The Morgan fingerprint density at radius 3 is 2.27 bits per heavy atom. The zero-order chi connectivity index (χ0) is 32.2. The summed E-state index contributed by atoms with van der Waals surface area (Å²) in [6.07, 6.45) is 9.58. The van der Waals surface area contributed by atoms with Gasteiger partial charge in [-0.25, -0.2) is 14.8 Å². The number of oxazole rings is 1. The monoisotopic (exact) mass is 650 g/mol. The van der Waals surface area contributed by atoms with E-state index in [0.29, 0.717) is 49.5 Å². The van der Waals surface area contributed by atoms with Crippen LogP contribution in [0.15, 0.2) is 21.0 Å². The molecule has 3 N–H and O–H groups in total. The van der Waals surface area contributed by atoms with Gasteiger partial charge in [0.05, 0.1) is 28.9 Å². The number of amides is 3. The number of unbranched alkanes of at least 4 members (excludes halogenated alkanes) is 4. The van der Waals surface area contributed by atoms with Gasteiger partial charge in [0.15, 0.2) is 5.13 Å². The Morgan fingerprint density at radius 1 is 0.977 bits per heavy atom. The number of nitrogens with zero attached hydrogens (tertiary/aromatic N) is 3. The topological polar surface area (TPSA) is 139 Å². The SMILES string of the molecule is CC(C)(C)OC(=O)NCCCCCCCNC(=O)CN1CCC(C(=O)Nc2ncc(SCc3ncc(C(C)(C)C)o3)s2)CC1. The predicted octanol–water partition coefficient (Wildman–Crippen LogP) is 5.96. The van der Waals surface area contributed by atoms with Crippen molar-refractivity contribution in [2.75, 3.05) is 38.0 Å². The van der Waals surface area contributed by atoms with E-state index in [4.69, 9.17) is 9.15 Å². The fourth-order valence-electron chi connectivity index (χ4n) is 4.57. The standard InChI is InChI=1S/C31H50N6O5S2/c1-30(2,3)23-18-34-25(41-23)21-43-26-19-35-28(44-26)36-27(39)22-12-16-37(17-13-22)20-24(38)32-14-10-8-7-9-11-15-33-29(40)42-31(4,5)6/h18-19,22H,7-17,20-21H2,1-6H3,(H,32,38)(H,33,40)(H,35,36,39). The van der Waals surface area contributed by atoms with E-state index in [1.165, 1.54) is 11.3 Å². The second-order valence-electron chi connectivity index (χ2n) is 13.2. The molecule has 246 valence electrons. The highest BCUT2D eigenvalue weighted by molar-refractivity contribution is 8.00. The lowest BCUT2D eigenvalue weighted by atomic mass is 9.94. The maximum absolute atomic E-state index is 12.8. The molecular formula is C31H50N6O5S2. The van der Waals surface area contributed by atoms with Crippen LogP contribution in [-0.4, -0.2) is 71.1 Å². The summed E-state index contributed by atoms with van der Waals surface area (Å²) in [6.45, 7) is 14.9. The lowest BCUT2D eigenvalue weighted by Gasteiger charge is -2.30. The Labute approximate surface area is 270 Å². The van der Waals surface area contributed by atoms with Gasteiger partial charge in [-0.05, 0) is 59.5 Å². The summed E-state index contributed by atoms with van der Waals surface area (Å²) < 4.78 is 12.1. The Bertz CT molecular complexity index is 1190. The number of hydrogen-bond donors (Lipinski definition) is 3. The predicted molar refractivity (Wildman–Crippen MR) is 175 cm³/mol. The van der Waals surface area contributed by atoms with E-state index in [2.05, 4.69) is 51.6 Å². The number of hydrogen-bond acceptors (Lipinski definition) is 10. The minimum atomic E-state index is -0.480. The van der Waals surface area contributed by atoms with Gasteiger partial charge in [-0.1, -0.05) is 51.4 Å². The van der Waals surface area contributed by atoms with Gasteiger partial charge in [-0.3, -0.25) is 14.5 Å². The van der Waals surface area contributed by atoms with E-state index in [9.17, 15) is 14.4 Å². The molecule has 44 heavy (non-hydrogen) atoms. The van der Waals surface area contributed by atoms with Gasteiger partial charge in [-0.2, -0.15) is 0 Å². The molecule has 1 aliphatic rings. The van der Waals surface area contributed by atoms with Gasteiger partial charge in [0.2, 0.25) is 17.7 Å². The molecule has 0 saturated carbocycles. The first kappa shape index (κ1) is 35.8. The van der Waals surface area contributed by atoms with Gasteiger partial charge in [0.1, 0.15) is 11.4 Å². The van der Waals surface area contributed by atoms with Crippen molar-refractivity contribution in [1.82, 2.24) is 25.5 Å². The van der Waals surface area contributed by atoms with E-state index in [-0.39, 0.29) is 29.2 Å². The van der Waals surface area contributed by atoms with Crippen LogP contribution in [0, 0.1) is 5.92 Å². The number of rotatable bonds is 15. The number of thiazole rings is 1. The number of ether oxygens (including phenoxy) is 1. The molecule has 2 aromatic heterocycles. The van der Waals surface area contributed by atoms with Crippen LogP contribution in [0.5, 0.6) is 0 Å². The molecule has 3 heterocycles. The normalized spacial score (nSPS) is 14.8. The maximum Gasteiger partial charge on any atom is 0.407 e. The number of carbonyl (C=O) groups is 3. The molecule has 0 radical (unpaired) electrons. The molecule has 0 aliphatic carbocycles. The van der Waals surface area contributed by atoms with Gasteiger partial charge in [0.25, 0.3) is 0 Å². The first-order valence-electron chi connectivity index (χ1n) is 15.6. The minimum Gasteiger partial charge on any atom is -0.444 e. The molecule has 0 unspecified atom stereocenters. The summed E-state index contributed by atoms with van der Waals surface area (Å²) in [7, 11) is 0. The summed E-state index contributed by atoms with van der Waals surface area (Å²) in [5.74, 6) is 2.08. The highest BCUT2D eigenvalue weighted by Crippen LogP contribution is 2.32. The third-order valence-corrected chi connectivity index (χ3v) is 9.11. The minimum absolute atomic E-state index is 0.0110. The summed E-state index contributed by atoms with van der Waals surface area (Å²) in [6, 6.07) is 0. The molecule has 0 aromatic carbocycles. The van der Waals surface area contributed by atoms with Crippen LogP contribution in [0.2, 0.25) is 0 Å². The molecule has 13 heteroatoms. The van der Waals surface area contributed by atoms with Crippen LogP contribution in [0.1, 0.15) is 98.1 Å². The maximum atomic E-state index is 12.8. The van der Waals surface area contributed by atoms with Crippen molar-refractivity contribution >= 4 is 46.1 Å². The number of aromatic nitrogens is 2. The van der Waals surface area contributed by atoms with Crippen molar-refractivity contribution in [3.05, 3.63) is 24.0 Å². The fraction of sp³-hybridized carbons (Fsp3) is 0.710. The van der Waals surface area contributed by atoms with Gasteiger partial charge < -0.3 is 25.1 Å². The summed E-state index contributed by atoms with van der Waals surface area (Å²) in [5.41, 5.74) is -0.555. The van der Waals surface area contributed by atoms with Crippen LogP contribution >= 0.6 is 23.1 Å². The highest BCUT2D eigenvalue weighted by atomic mass is 32.2. The second kappa shape index (κ2) is 17.2. The lowest BCUT2D eigenvalue weighted by Crippen LogP contribution is -2.43. The number of carbonyl (C=O) groups excluding carboxylic acids is 3. The van der Waals surface area contributed by atoms with Crippen molar-refractivity contribution in [1.29, 1.82) is 0 Å². The smallest absolute Gasteiger partial charge is 0.407 e. The molecule has 1 fully saturated rings. The summed E-state index contributed by atoms with van der Waals surface area (Å²) in [4.78, 5) is 47.7. The molecule has 2 aromatic rings. The van der Waals surface area contributed by atoms with E-state index in [1.54, 1.807) is 24.2 Å². The van der Waals surface area contributed by atoms with Crippen molar-refractivity contribution in [2.45, 2.75) is 107 Å². The van der Waals surface area contributed by atoms with E-state index >= 15 is 0 Å². The Kier molecular flexibility index (Phi) is 14.0. The molecule has 1 aliphatic heterocycles. The van der Waals surface area contributed by atoms with Gasteiger partial charge in [-0.15, -0.1) is 11.8 Å². The number of thioether (sulfide) groups is 1.